The normalized spacial score (nSPS) is 29.2. The smallest absolute Gasteiger partial charge is 0.227 e. The first-order valence-electron chi connectivity index (χ1n) is 9.25. The number of ether oxygens (including phenoxy) is 2. The van der Waals surface area contributed by atoms with Gasteiger partial charge in [0.25, 0.3) is 0 Å². The number of likely N-dealkylation sites (tertiary alicyclic amines) is 1. The maximum absolute atomic E-state index is 12.8. The van der Waals surface area contributed by atoms with Crippen LogP contribution >= 0.6 is 0 Å². The molecule has 1 aromatic rings. The number of amides is 1. The Hall–Kier alpha value is -1.39. The fraction of sp³-hybridized carbons (Fsp3) is 0.650. The van der Waals surface area contributed by atoms with Crippen LogP contribution in [0.25, 0.3) is 0 Å². The molecule has 2 aliphatic heterocycles. The van der Waals surface area contributed by atoms with Gasteiger partial charge in [-0.05, 0) is 55.2 Å². The number of piperidine rings is 1. The van der Waals surface area contributed by atoms with E-state index in [-0.39, 0.29) is 17.6 Å². The Morgan fingerprint density at radius 1 is 1.33 bits per heavy atom. The van der Waals surface area contributed by atoms with Crippen LogP contribution in [-0.2, 0) is 33.5 Å². The lowest BCUT2D eigenvalue weighted by atomic mass is 9.86. The summed E-state index contributed by atoms with van der Waals surface area (Å²) < 4.78 is 11.7. The van der Waals surface area contributed by atoms with Gasteiger partial charge < -0.3 is 14.4 Å². The number of methoxy groups -OCH3 is 1. The first kappa shape index (κ1) is 16.1. The van der Waals surface area contributed by atoms with E-state index in [0.717, 1.165) is 44.4 Å². The summed E-state index contributed by atoms with van der Waals surface area (Å²) in [7, 11) is 1.76. The SMILES string of the molecule is CO[C@H]1CCN(C(=O)Cc2ccc3c(c2)CCC3)C[C@@]12CCCO2. The third kappa shape index (κ3) is 2.86. The predicted octanol–water partition coefficient (Wildman–Crippen LogP) is 2.51. The van der Waals surface area contributed by atoms with Gasteiger partial charge in [-0.1, -0.05) is 18.2 Å². The quantitative estimate of drug-likeness (QED) is 0.855. The van der Waals surface area contributed by atoms with E-state index in [1.54, 1.807) is 7.11 Å². The first-order valence-corrected chi connectivity index (χ1v) is 9.25. The predicted molar refractivity (Wildman–Crippen MR) is 92.1 cm³/mol. The molecule has 0 saturated carbocycles. The van der Waals surface area contributed by atoms with Crippen molar-refractivity contribution in [2.75, 3.05) is 26.8 Å². The molecule has 0 unspecified atom stereocenters. The van der Waals surface area contributed by atoms with Gasteiger partial charge in [0.15, 0.2) is 0 Å². The van der Waals surface area contributed by atoms with Gasteiger partial charge in [0.1, 0.15) is 5.60 Å². The molecule has 1 spiro atoms. The summed E-state index contributed by atoms with van der Waals surface area (Å²) in [6.07, 6.45) is 7.14. The molecule has 24 heavy (non-hydrogen) atoms. The first-order chi connectivity index (χ1) is 11.7. The van der Waals surface area contributed by atoms with Gasteiger partial charge in [0.2, 0.25) is 5.91 Å². The molecule has 3 aliphatic rings. The van der Waals surface area contributed by atoms with Crippen LogP contribution in [0.2, 0.25) is 0 Å². The van der Waals surface area contributed by atoms with Crippen LogP contribution in [-0.4, -0.2) is 49.3 Å². The number of aryl methyl sites for hydroxylation is 2. The highest BCUT2D eigenvalue weighted by atomic mass is 16.6. The third-order valence-corrected chi connectivity index (χ3v) is 6.00. The van der Waals surface area contributed by atoms with Crippen molar-refractivity contribution in [3.8, 4) is 0 Å². The van der Waals surface area contributed by atoms with E-state index >= 15 is 0 Å². The van der Waals surface area contributed by atoms with Gasteiger partial charge in [-0.15, -0.1) is 0 Å². The molecule has 2 heterocycles. The summed E-state index contributed by atoms with van der Waals surface area (Å²) in [4.78, 5) is 14.8. The van der Waals surface area contributed by atoms with Crippen LogP contribution in [0.3, 0.4) is 0 Å². The molecule has 0 aromatic heterocycles. The van der Waals surface area contributed by atoms with Crippen molar-refractivity contribution in [2.45, 2.75) is 56.7 Å². The van der Waals surface area contributed by atoms with Crippen LogP contribution in [0.1, 0.15) is 42.4 Å². The summed E-state index contributed by atoms with van der Waals surface area (Å²) in [6, 6.07) is 6.58. The molecular weight excluding hydrogens is 302 g/mol. The molecule has 130 valence electrons. The van der Waals surface area contributed by atoms with Crippen molar-refractivity contribution < 1.29 is 14.3 Å². The van der Waals surface area contributed by atoms with Gasteiger partial charge in [-0.3, -0.25) is 4.79 Å². The highest BCUT2D eigenvalue weighted by Crippen LogP contribution is 2.36. The standard InChI is InChI=1S/C20H27NO3/c1-23-18-8-10-21(14-20(18)9-3-11-24-20)19(22)13-15-6-7-16-4-2-5-17(16)12-15/h6-7,12,18H,2-5,8-11,13-14H2,1H3/t18-,20-/m0/s1. The number of nitrogens with zero attached hydrogens (tertiary/aromatic N) is 1. The minimum absolute atomic E-state index is 0.115. The lowest BCUT2D eigenvalue weighted by molar-refractivity contribution is -0.160. The van der Waals surface area contributed by atoms with Crippen molar-refractivity contribution in [3.63, 3.8) is 0 Å². The minimum Gasteiger partial charge on any atom is -0.378 e. The summed E-state index contributed by atoms with van der Waals surface area (Å²) >= 11 is 0. The molecule has 4 heteroatoms. The molecule has 1 aromatic carbocycles. The van der Waals surface area contributed by atoms with Gasteiger partial charge in [0, 0.05) is 20.3 Å². The van der Waals surface area contributed by atoms with E-state index in [9.17, 15) is 4.79 Å². The van der Waals surface area contributed by atoms with E-state index < -0.39 is 0 Å². The summed E-state index contributed by atoms with van der Waals surface area (Å²) in [5.41, 5.74) is 3.77. The van der Waals surface area contributed by atoms with E-state index in [0.29, 0.717) is 13.0 Å². The summed E-state index contributed by atoms with van der Waals surface area (Å²) in [5, 5.41) is 0. The summed E-state index contributed by atoms with van der Waals surface area (Å²) in [5.74, 6) is 0.220. The topological polar surface area (TPSA) is 38.8 Å². The fourth-order valence-corrected chi connectivity index (χ4v) is 4.70. The molecule has 0 N–H and O–H groups in total. The second-order valence-corrected chi connectivity index (χ2v) is 7.48. The molecule has 1 amide bonds. The fourth-order valence-electron chi connectivity index (χ4n) is 4.70. The average molecular weight is 329 g/mol. The molecule has 1 aliphatic carbocycles. The van der Waals surface area contributed by atoms with Crippen LogP contribution in [0.15, 0.2) is 18.2 Å². The molecule has 2 atom stereocenters. The van der Waals surface area contributed by atoms with Crippen LogP contribution in [0.4, 0.5) is 0 Å². The largest absolute Gasteiger partial charge is 0.378 e. The number of hydrogen-bond acceptors (Lipinski definition) is 3. The molecule has 0 bridgehead atoms. The van der Waals surface area contributed by atoms with Crippen molar-refractivity contribution >= 4 is 5.91 Å². The molecular formula is C20H27NO3. The van der Waals surface area contributed by atoms with E-state index in [1.165, 1.54) is 24.0 Å². The van der Waals surface area contributed by atoms with Crippen LogP contribution < -0.4 is 0 Å². The number of hydrogen-bond donors (Lipinski definition) is 0. The molecule has 2 saturated heterocycles. The maximum Gasteiger partial charge on any atom is 0.227 e. The monoisotopic (exact) mass is 329 g/mol. The highest BCUT2D eigenvalue weighted by molar-refractivity contribution is 5.79. The molecule has 0 radical (unpaired) electrons. The minimum atomic E-state index is -0.277. The van der Waals surface area contributed by atoms with Crippen molar-refractivity contribution in [2.24, 2.45) is 0 Å². The summed E-state index contributed by atoms with van der Waals surface area (Å²) in [6.45, 7) is 2.23. The Bertz CT molecular complexity index is 621. The zero-order valence-corrected chi connectivity index (χ0v) is 14.6. The maximum atomic E-state index is 12.8. The van der Waals surface area contributed by atoms with Gasteiger partial charge in [0.05, 0.1) is 19.1 Å². The van der Waals surface area contributed by atoms with E-state index in [2.05, 4.69) is 18.2 Å². The number of rotatable bonds is 3. The zero-order chi connectivity index (χ0) is 16.6. The molecule has 4 nitrogen and oxygen atoms in total. The Morgan fingerprint density at radius 3 is 3.00 bits per heavy atom. The van der Waals surface area contributed by atoms with Crippen LogP contribution in [0.5, 0.6) is 0 Å². The number of fused-ring (bicyclic) bond motifs is 1. The molecule has 4 rings (SSSR count). The molecule has 2 fully saturated rings. The Labute approximate surface area is 144 Å². The lowest BCUT2D eigenvalue weighted by Crippen LogP contribution is -2.58. The Morgan fingerprint density at radius 2 is 2.21 bits per heavy atom. The number of carbonyl (C=O) groups excluding carboxylic acids is 1. The zero-order valence-electron chi connectivity index (χ0n) is 14.6. The van der Waals surface area contributed by atoms with Crippen molar-refractivity contribution in [1.29, 1.82) is 0 Å². The van der Waals surface area contributed by atoms with Gasteiger partial charge in [-0.25, -0.2) is 0 Å². The van der Waals surface area contributed by atoms with Gasteiger partial charge >= 0.3 is 0 Å². The highest BCUT2D eigenvalue weighted by Gasteiger charge is 2.48. The van der Waals surface area contributed by atoms with Crippen LogP contribution in [0, 0.1) is 0 Å². The second-order valence-electron chi connectivity index (χ2n) is 7.48. The Kier molecular flexibility index (Phi) is 4.35. The number of carbonyl (C=O) groups is 1. The third-order valence-electron chi connectivity index (χ3n) is 6.00. The van der Waals surface area contributed by atoms with Crippen molar-refractivity contribution in [3.05, 3.63) is 34.9 Å². The van der Waals surface area contributed by atoms with E-state index in [1.807, 2.05) is 4.90 Å². The number of benzene rings is 1. The van der Waals surface area contributed by atoms with E-state index in [4.69, 9.17) is 9.47 Å². The van der Waals surface area contributed by atoms with Crippen molar-refractivity contribution in [1.82, 2.24) is 4.90 Å². The lowest BCUT2D eigenvalue weighted by Gasteiger charge is -2.44. The second kappa shape index (κ2) is 6.49. The Balaban J connectivity index is 1.45. The average Bonchev–Trinajstić information content (AvgIpc) is 3.24. The van der Waals surface area contributed by atoms with Gasteiger partial charge in [-0.2, -0.15) is 0 Å².